The molecule has 1 heterocycles. The van der Waals surface area contributed by atoms with Crippen molar-refractivity contribution in [3.05, 3.63) is 48.0 Å². The molecule has 23 heavy (non-hydrogen) atoms. The Labute approximate surface area is 135 Å². The van der Waals surface area contributed by atoms with Gasteiger partial charge in [-0.25, -0.2) is 0 Å². The highest BCUT2D eigenvalue weighted by atomic mass is 16.6. The van der Waals surface area contributed by atoms with Crippen LogP contribution < -0.4 is 18.9 Å². The normalized spacial score (nSPS) is 17.3. The molecule has 0 amide bonds. The Bertz CT molecular complexity index is 644. The van der Waals surface area contributed by atoms with E-state index >= 15 is 0 Å². The molecular weight excluding hydrogens is 296 g/mol. The highest BCUT2D eigenvalue weighted by molar-refractivity contribution is 5.42. The van der Waals surface area contributed by atoms with Crippen LogP contribution in [-0.2, 0) is 4.74 Å². The SMILES string of the molecule is COc1cc(OC)cc(O[C@H](c2cccc(OC)c2)[C@@H]2CO2)c1. The molecule has 5 heteroatoms. The number of hydrogen-bond donors (Lipinski definition) is 0. The monoisotopic (exact) mass is 316 g/mol. The van der Waals surface area contributed by atoms with Gasteiger partial charge < -0.3 is 23.7 Å². The van der Waals surface area contributed by atoms with Crippen molar-refractivity contribution >= 4 is 0 Å². The van der Waals surface area contributed by atoms with E-state index in [1.807, 2.05) is 36.4 Å². The van der Waals surface area contributed by atoms with Crippen molar-refractivity contribution in [3.63, 3.8) is 0 Å². The van der Waals surface area contributed by atoms with Gasteiger partial charge >= 0.3 is 0 Å². The van der Waals surface area contributed by atoms with Gasteiger partial charge in [0.05, 0.1) is 27.9 Å². The number of epoxide rings is 1. The van der Waals surface area contributed by atoms with E-state index < -0.39 is 0 Å². The van der Waals surface area contributed by atoms with Gasteiger partial charge in [-0.3, -0.25) is 0 Å². The van der Waals surface area contributed by atoms with Crippen LogP contribution in [0.25, 0.3) is 0 Å². The highest BCUT2D eigenvalue weighted by Crippen LogP contribution is 2.36. The smallest absolute Gasteiger partial charge is 0.152 e. The van der Waals surface area contributed by atoms with E-state index in [1.54, 1.807) is 27.4 Å². The summed E-state index contributed by atoms with van der Waals surface area (Å²) in [5, 5.41) is 0. The predicted octanol–water partition coefficient (Wildman–Crippen LogP) is 3.23. The van der Waals surface area contributed by atoms with Crippen LogP contribution >= 0.6 is 0 Å². The molecule has 1 aliphatic rings. The molecular formula is C18H20O5. The number of ether oxygens (including phenoxy) is 5. The van der Waals surface area contributed by atoms with E-state index in [0.717, 1.165) is 11.3 Å². The zero-order valence-electron chi connectivity index (χ0n) is 13.4. The van der Waals surface area contributed by atoms with E-state index in [-0.39, 0.29) is 12.2 Å². The average Bonchev–Trinajstić information content (AvgIpc) is 3.44. The van der Waals surface area contributed by atoms with Crippen molar-refractivity contribution < 1.29 is 23.7 Å². The van der Waals surface area contributed by atoms with Crippen molar-refractivity contribution in [2.24, 2.45) is 0 Å². The van der Waals surface area contributed by atoms with Crippen LogP contribution in [-0.4, -0.2) is 34.0 Å². The van der Waals surface area contributed by atoms with Gasteiger partial charge in [-0.1, -0.05) is 12.1 Å². The summed E-state index contributed by atoms with van der Waals surface area (Å²) in [6, 6.07) is 13.3. The first kappa shape index (κ1) is 15.5. The number of hydrogen-bond acceptors (Lipinski definition) is 5. The largest absolute Gasteiger partial charge is 0.497 e. The molecule has 0 N–H and O–H groups in total. The quantitative estimate of drug-likeness (QED) is 0.734. The lowest BCUT2D eigenvalue weighted by Gasteiger charge is -2.19. The molecule has 2 atom stereocenters. The number of methoxy groups -OCH3 is 3. The summed E-state index contributed by atoms with van der Waals surface area (Å²) in [6.45, 7) is 0.684. The first-order valence-corrected chi connectivity index (χ1v) is 7.38. The van der Waals surface area contributed by atoms with Crippen LogP contribution in [0.3, 0.4) is 0 Å². The Kier molecular flexibility index (Phi) is 4.57. The van der Waals surface area contributed by atoms with Gasteiger partial charge in [0.25, 0.3) is 0 Å². The van der Waals surface area contributed by atoms with Crippen LogP contribution in [0, 0.1) is 0 Å². The summed E-state index contributed by atoms with van der Waals surface area (Å²) in [7, 11) is 4.87. The molecule has 0 aromatic heterocycles. The Morgan fingerprint density at radius 3 is 2.04 bits per heavy atom. The van der Waals surface area contributed by atoms with Crippen molar-refractivity contribution in [2.75, 3.05) is 27.9 Å². The van der Waals surface area contributed by atoms with E-state index in [4.69, 9.17) is 23.7 Å². The van der Waals surface area contributed by atoms with E-state index in [0.29, 0.717) is 23.9 Å². The summed E-state index contributed by atoms with van der Waals surface area (Å²) >= 11 is 0. The van der Waals surface area contributed by atoms with E-state index in [2.05, 4.69) is 0 Å². The second-order valence-corrected chi connectivity index (χ2v) is 5.24. The van der Waals surface area contributed by atoms with Crippen LogP contribution in [0.4, 0.5) is 0 Å². The Morgan fingerprint density at radius 2 is 1.48 bits per heavy atom. The third-order valence-electron chi connectivity index (χ3n) is 3.71. The molecule has 1 saturated heterocycles. The summed E-state index contributed by atoms with van der Waals surface area (Å²) in [6.07, 6.45) is -0.166. The summed E-state index contributed by atoms with van der Waals surface area (Å²) < 4.78 is 27.5. The lowest BCUT2D eigenvalue weighted by Crippen LogP contribution is -2.14. The molecule has 0 unspecified atom stereocenters. The fourth-order valence-electron chi connectivity index (χ4n) is 2.40. The maximum absolute atomic E-state index is 6.17. The lowest BCUT2D eigenvalue weighted by molar-refractivity contribution is 0.160. The maximum Gasteiger partial charge on any atom is 0.152 e. The molecule has 0 saturated carbocycles. The number of benzene rings is 2. The zero-order chi connectivity index (χ0) is 16.2. The summed E-state index contributed by atoms with van der Waals surface area (Å²) in [5.41, 5.74) is 1.01. The third kappa shape index (κ3) is 3.68. The van der Waals surface area contributed by atoms with Gasteiger partial charge in [0, 0.05) is 18.2 Å². The van der Waals surface area contributed by atoms with Crippen molar-refractivity contribution in [1.82, 2.24) is 0 Å². The topological polar surface area (TPSA) is 49.5 Å². The lowest BCUT2D eigenvalue weighted by atomic mass is 10.1. The first-order valence-electron chi connectivity index (χ1n) is 7.38. The molecule has 122 valence electrons. The van der Waals surface area contributed by atoms with Gasteiger partial charge in [0.1, 0.15) is 29.1 Å². The van der Waals surface area contributed by atoms with Crippen molar-refractivity contribution in [2.45, 2.75) is 12.2 Å². The molecule has 1 aliphatic heterocycles. The molecule has 2 aromatic rings. The van der Waals surface area contributed by atoms with Crippen LogP contribution in [0.1, 0.15) is 11.7 Å². The van der Waals surface area contributed by atoms with Crippen LogP contribution in [0.15, 0.2) is 42.5 Å². The third-order valence-corrected chi connectivity index (χ3v) is 3.71. The minimum atomic E-state index is -0.207. The summed E-state index contributed by atoms with van der Waals surface area (Å²) in [5.74, 6) is 2.82. The fraction of sp³-hybridized carbons (Fsp3) is 0.333. The van der Waals surface area contributed by atoms with Crippen molar-refractivity contribution in [3.8, 4) is 23.0 Å². The van der Waals surface area contributed by atoms with Gasteiger partial charge in [0.2, 0.25) is 0 Å². The summed E-state index contributed by atoms with van der Waals surface area (Å²) in [4.78, 5) is 0. The zero-order valence-corrected chi connectivity index (χ0v) is 13.4. The average molecular weight is 316 g/mol. The standard InChI is InChI=1S/C18H20O5/c1-19-13-6-4-5-12(7-13)18(17-11-22-17)23-16-9-14(20-2)8-15(10-16)21-3/h4-10,17-18H,11H2,1-3H3/t17-,18+/m0/s1. The maximum atomic E-state index is 6.17. The van der Waals surface area contributed by atoms with E-state index in [1.165, 1.54) is 0 Å². The molecule has 5 nitrogen and oxygen atoms in total. The minimum Gasteiger partial charge on any atom is -0.497 e. The minimum absolute atomic E-state index is 0.0410. The van der Waals surface area contributed by atoms with Gasteiger partial charge in [-0.2, -0.15) is 0 Å². The predicted molar refractivity (Wildman–Crippen MR) is 85.6 cm³/mol. The molecule has 1 fully saturated rings. The van der Waals surface area contributed by atoms with E-state index in [9.17, 15) is 0 Å². The van der Waals surface area contributed by atoms with Crippen LogP contribution in [0.2, 0.25) is 0 Å². The highest BCUT2D eigenvalue weighted by Gasteiger charge is 2.36. The Hall–Kier alpha value is -2.40. The molecule has 0 radical (unpaired) electrons. The molecule has 2 aromatic carbocycles. The number of rotatable bonds is 7. The van der Waals surface area contributed by atoms with Crippen LogP contribution in [0.5, 0.6) is 23.0 Å². The second kappa shape index (κ2) is 6.79. The first-order chi connectivity index (χ1) is 11.2. The molecule has 0 aliphatic carbocycles. The molecule has 0 bridgehead atoms. The Morgan fingerprint density at radius 1 is 0.870 bits per heavy atom. The molecule has 3 rings (SSSR count). The molecule has 0 spiro atoms. The van der Waals surface area contributed by atoms with Gasteiger partial charge in [-0.05, 0) is 17.7 Å². The second-order valence-electron chi connectivity index (χ2n) is 5.24. The van der Waals surface area contributed by atoms with Crippen molar-refractivity contribution in [1.29, 1.82) is 0 Å². The fourth-order valence-corrected chi connectivity index (χ4v) is 2.40. The van der Waals surface area contributed by atoms with Gasteiger partial charge in [0.15, 0.2) is 6.10 Å². The Balaban J connectivity index is 1.88. The van der Waals surface area contributed by atoms with Gasteiger partial charge in [-0.15, -0.1) is 0 Å².